The number of hydrogen-bond acceptors (Lipinski definition) is 4. The van der Waals surface area contributed by atoms with Crippen molar-refractivity contribution in [3.63, 3.8) is 0 Å². The lowest BCUT2D eigenvalue weighted by molar-refractivity contribution is -0.384. The summed E-state index contributed by atoms with van der Waals surface area (Å²) in [5.41, 5.74) is 1.53. The summed E-state index contributed by atoms with van der Waals surface area (Å²) in [6, 6.07) is 15.3. The van der Waals surface area contributed by atoms with Gasteiger partial charge in [0.2, 0.25) is 0 Å². The van der Waals surface area contributed by atoms with Gasteiger partial charge in [-0.3, -0.25) is 20.0 Å². The Hall–Kier alpha value is -3.48. The second kappa shape index (κ2) is 6.33. The first-order valence-corrected chi connectivity index (χ1v) is 7.22. The Labute approximate surface area is 137 Å². The molecule has 0 unspecified atom stereocenters. The number of aliphatic imine (C=N–C) groups is 1. The van der Waals surface area contributed by atoms with E-state index in [1.165, 1.54) is 23.0 Å². The molecule has 3 rings (SSSR count). The van der Waals surface area contributed by atoms with E-state index in [2.05, 4.69) is 10.1 Å². The van der Waals surface area contributed by atoms with Crippen molar-refractivity contribution in [3.8, 4) is 5.69 Å². The predicted octanol–water partition coefficient (Wildman–Crippen LogP) is 3.13. The molecule has 120 valence electrons. The highest BCUT2D eigenvalue weighted by Gasteiger charge is 2.13. The van der Waals surface area contributed by atoms with E-state index in [4.69, 9.17) is 0 Å². The van der Waals surface area contributed by atoms with E-state index in [9.17, 15) is 14.9 Å². The number of nitrogens with one attached hydrogen (secondary N) is 1. The van der Waals surface area contributed by atoms with Gasteiger partial charge in [-0.2, -0.15) is 0 Å². The van der Waals surface area contributed by atoms with Crippen LogP contribution in [0.3, 0.4) is 0 Å². The lowest BCUT2D eigenvalue weighted by Crippen LogP contribution is -2.17. The second-order valence-electron chi connectivity index (χ2n) is 5.13. The van der Waals surface area contributed by atoms with Gasteiger partial charge in [0.25, 0.3) is 11.2 Å². The topological polar surface area (TPSA) is 93.3 Å². The number of hydrogen-bond donors (Lipinski definition) is 1. The third-order valence-corrected chi connectivity index (χ3v) is 3.54. The lowest BCUT2D eigenvalue weighted by atomic mass is 10.2. The largest absolute Gasteiger partial charge is 0.295 e. The molecule has 0 fully saturated rings. The Kier molecular flexibility index (Phi) is 4.07. The lowest BCUT2D eigenvalue weighted by Gasteiger charge is -1.99. The summed E-state index contributed by atoms with van der Waals surface area (Å²) in [6.45, 7) is 1.75. The molecule has 7 heteroatoms. The molecule has 24 heavy (non-hydrogen) atoms. The number of nitro groups is 1. The summed E-state index contributed by atoms with van der Waals surface area (Å²) >= 11 is 0. The molecule has 1 N–H and O–H groups in total. The minimum atomic E-state index is -0.501. The van der Waals surface area contributed by atoms with Crippen LogP contribution in [0.1, 0.15) is 11.3 Å². The van der Waals surface area contributed by atoms with E-state index in [1.54, 1.807) is 31.2 Å². The van der Waals surface area contributed by atoms with Gasteiger partial charge < -0.3 is 0 Å². The van der Waals surface area contributed by atoms with Crippen molar-refractivity contribution < 1.29 is 4.92 Å². The first-order valence-electron chi connectivity index (χ1n) is 7.22. The van der Waals surface area contributed by atoms with Gasteiger partial charge in [-0.05, 0) is 25.1 Å². The van der Waals surface area contributed by atoms with Gasteiger partial charge in [0.1, 0.15) is 5.69 Å². The van der Waals surface area contributed by atoms with Crippen molar-refractivity contribution in [1.82, 2.24) is 9.78 Å². The molecule has 7 nitrogen and oxygen atoms in total. The summed E-state index contributed by atoms with van der Waals surface area (Å²) in [6.07, 6.45) is 1.36. The van der Waals surface area contributed by atoms with E-state index in [0.29, 0.717) is 16.9 Å². The number of benzene rings is 2. The fraction of sp³-hybridized carbons (Fsp3) is 0.0588. The monoisotopic (exact) mass is 322 g/mol. The molecular weight excluding hydrogens is 308 g/mol. The van der Waals surface area contributed by atoms with Crippen molar-refractivity contribution in [1.29, 1.82) is 0 Å². The van der Waals surface area contributed by atoms with Gasteiger partial charge in [0.15, 0.2) is 0 Å². The van der Waals surface area contributed by atoms with E-state index in [-0.39, 0.29) is 16.9 Å². The third kappa shape index (κ3) is 2.87. The first-order chi connectivity index (χ1) is 11.6. The summed E-state index contributed by atoms with van der Waals surface area (Å²) in [4.78, 5) is 27.2. The zero-order chi connectivity index (χ0) is 17.1. The van der Waals surface area contributed by atoms with Crippen molar-refractivity contribution >= 4 is 17.6 Å². The molecule has 1 aromatic heterocycles. The van der Waals surface area contributed by atoms with Gasteiger partial charge in [-0.25, -0.2) is 9.67 Å². The van der Waals surface area contributed by atoms with Crippen LogP contribution in [0.2, 0.25) is 0 Å². The average Bonchev–Trinajstić information content (AvgIpc) is 2.88. The number of H-pyrrole nitrogens is 1. The Morgan fingerprint density at radius 3 is 2.50 bits per heavy atom. The molecule has 0 atom stereocenters. The molecular formula is C17H14N4O3. The molecule has 0 bridgehead atoms. The molecule has 0 aliphatic rings. The molecule has 0 aliphatic heterocycles. The Morgan fingerprint density at radius 1 is 1.12 bits per heavy atom. The minimum Gasteiger partial charge on any atom is -0.295 e. The van der Waals surface area contributed by atoms with Gasteiger partial charge in [-0.15, -0.1) is 0 Å². The molecule has 0 spiro atoms. The standard InChI is InChI=1S/C17H14N4O3/c1-12-14(11-18-15-9-5-6-10-16(15)21(23)24)17(22)20(19-12)13-7-3-2-4-8-13/h2-11,19H,1H3. The molecule has 0 saturated heterocycles. The van der Waals surface area contributed by atoms with Crippen molar-refractivity contribution in [2.45, 2.75) is 6.92 Å². The highest BCUT2D eigenvalue weighted by atomic mass is 16.6. The van der Waals surface area contributed by atoms with Crippen LogP contribution in [0.5, 0.6) is 0 Å². The number of aryl methyl sites for hydroxylation is 1. The molecule has 2 aromatic carbocycles. The molecule has 1 heterocycles. The maximum Gasteiger partial charge on any atom is 0.294 e. The Balaban J connectivity index is 2.02. The average molecular weight is 322 g/mol. The smallest absolute Gasteiger partial charge is 0.294 e. The zero-order valence-corrected chi connectivity index (χ0v) is 12.8. The molecule has 0 amide bonds. The highest BCUT2D eigenvalue weighted by Crippen LogP contribution is 2.26. The van der Waals surface area contributed by atoms with Crippen LogP contribution in [-0.4, -0.2) is 20.9 Å². The van der Waals surface area contributed by atoms with Gasteiger partial charge in [0, 0.05) is 18.0 Å². The SMILES string of the molecule is Cc1[nH]n(-c2ccccc2)c(=O)c1C=Nc1ccccc1[N+](=O)[O-]. The Morgan fingerprint density at radius 2 is 1.79 bits per heavy atom. The van der Waals surface area contributed by atoms with E-state index in [1.807, 2.05) is 18.2 Å². The van der Waals surface area contributed by atoms with Crippen molar-refractivity contribution in [2.24, 2.45) is 4.99 Å². The fourth-order valence-corrected chi connectivity index (χ4v) is 2.33. The molecule has 3 aromatic rings. The van der Waals surface area contributed by atoms with E-state index in [0.717, 1.165) is 0 Å². The number of nitrogens with zero attached hydrogens (tertiary/aromatic N) is 3. The van der Waals surface area contributed by atoms with E-state index >= 15 is 0 Å². The van der Waals surface area contributed by atoms with E-state index < -0.39 is 4.92 Å². The quantitative estimate of drug-likeness (QED) is 0.454. The number of aromatic nitrogens is 2. The normalized spacial score (nSPS) is 11.0. The van der Waals surface area contributed by atoms with Crippen LogP contribution >= 0.6 is 0 Å². The summed E-state index contributed by atoms with van der Waals surface area (Å²) in [7, 11) is 0. The third-order valence-electron chi connectivity index (χ3n) is 3.54. The molecule has 0 aliphatic carbocycles. The number of nitro benzene ring substituents is 1. The van der Waals surface area contributed by atoms with Crippen molar-refractivity contribution in [2.75, 3.05) is 0 Å². The minimum absolute atomic E-state index is 0.106. The zero-order valence-electron chi connectivity index (χ0n) is 12.8. The number of rotatable bonds is 4. The van der Waals surface area contributed by atoms with Crippen LogP contribution in [0.15, 0.2) is 64.4 Å². The van der Waals surface area contributed by atoms with Gasteiger partial charge >= 0.3 is 0 Å². The van der Waals surface area contributed by atoms with Crippen LogP contribution < -0.4 is 5.56 Å². The van der Waals surface area contributed by atoms with Crippen molar-refractivity contribution in [3.05, 3.63) is 86.3 Å². The maximum absolute atomic E-state index is 12.5. The van der Waals surface area contributed by atoms with Crippen LogP contribution in [0.25, 0.3) is 5.69 Å². The molecule has 0 saturated carbocycles. The molecule has 0 radical (unpaired) electrons. The first kappa shape index (κ1) is 15.4. The summed E-state index contributed by atoms with van der Waals surface area (Å²) in [5, 5.41) is 14.0. The van der Waals surface area contributed by atoms with Crippen LogP contribution in [0.4, 0.5) is 11.4 Å². The predicted molar refractivity (Wildman–Crippen MR) is 91.5 cm³/mol. The fourth-order valence-electron chi connectivity index (χ4n) is 2.33. The van der Waals surface area contributed by atoms with Crippen LogP contribution in [-0.2, 0) is 0 Å². The highest BCUT2D eigenvalue weighted by molar-refractivity contribution is 5.84. The maximum atomic E-state index is 12.5. The number of para-hydroxylation sites is 3. The summed E-state index contributed by atoms with van der Waals surface area (Å²) < 4.78 is 1.41. The summed E-state index contributed by atoms with van der Waals surface area (Å²) in [5.74, 6) is 0. The van der Waals surface area contributed by atoms with Gasteiger partial charge in [0.05, 0.1) is 16.2 Å². The Bertz CT molecular complexity index is 971. The number of aromatic amines is 1. The van der Waals surface area contributed by atoms with Gasteiger partial charge in [-0.1, -0.05) is 30.3 Å². The van der Waals surface area contributed by atoms with Crippen LogP contribution in [0, 0.1) is 17.0 Å². The second-order valence-corrected chi connectivity index (χ2v) is 5.13.